The van der Waals surface area contributed by atoms with Crippen molar-refractivity contribution in [1.82, 2.24) is 14.9 Å². The van der Waals surface area contributed by atoms with Crippen molar-refractivity contribution >= 4 is 33.2 Å². The second kappa shape index (κ2) is 10.7. The molecule has 1 atom stereocenters. The average molecular weight is 452 g/mol. The lowest BCUT2D eigenvalue weighted by Crippen LogP contribution is -2.53. The zero-order valence-electron chi connectivity index (χ0n) is 16.5. The number of rotatable bonds is 8. The number of nitrogens with zero attached hydrogens (tertiary/aromatic N) is 1. The van der Waals surface area contributed by atoms with Crippen LogP contribution in [0.15, 0.2) is 52.1 Å². The lowest BCUT2D eigenvalue weighted by molar-refractivity contribution is -0.140. The molecule has 0 radical (unpaired) electrons. The topological polar surface area (TPSA) is 105 Å². The van der Waals surface area contributed by atoms with Gasteiger partial charge in [0.1, 0.15) is 10.4 Å². The number of aryl methyl sites for hydroxylation is 1. The molecule has 2 heterocycles. The molecule has 2 amide bonds. The zero-order valence-corrected chi connectivity index (χ0v) is 18.1. The van der Waals surface area contributed by atoms with Crippen LogP contribution in [0, 0.1) is 0 Å². The van der Waals surface area contributed by atoms with Gasteiger partial charge in [0.05, 0.1) is 13.2 Å². The first kappa shape index (κ1) is 22.4. The molecule has 162 valence electrons. The van der Waals surface area contributed by atoms with E-state index >= 15 is 0 Å². The molecule has 0 bridgehead atoms. The molecule has 1 aliphatic heterocycles. The Labute approximate surface area is 180 Å². The van der Waals surface area contributed by atoms with Gasteiger partial charge in [0.25, 0.3) is 10.0 Å². The number of ether oxygens (including phenoxy) is 1. The first-order valence-electron chi connectivity index (χ1n) is 9.75. The van der Waals surface area contributed by atoms with Crippen molar-refractivity contribution in [3.8, 4) is 0 Å². The van der Waals surface area contributed by atoms with Crippen LogP contribution in [-0.4, -0.2) is 57.0 Å². The summed E-state index contributed by atoms with van der Waals surface area (Å²) in [5.74, 6) is -1.55. The van der Waals surface area contributed by atoms with Gasteiger partial charge in [-0.15, -0.1) is 11.3 Å². The molecule has 2 N–H and O–H groups in total. The highest BCUT2D eigenvalue weighted by atomic mass is 32.2. The number of hydrogen-bond donors (Lipinski definition) is 2. The number of nitrogens with one attached hydrogen (secondary N) is 2. The largest absolute Gasteiger partial charge is 0.360 e. The summed E-state index contributed by atoms with van der Waals surface area (Å²) >= 11 is 1.13. The predicted molar refractivity (Wildman–Crippen MR) is 113 cm³/mol. The third kappa shape index (κ3) is 5.88. The van der Waals surface area contributed by atoms with E-state index in [1.807, 2.05) is 30.3 Å². The van der Waals surface area contributed by atoms with Crippen LogP contribution in [0.25, 0.3) is 0 Å². The second-order valence-corrected chi connectivity index (χ2v) is 9.85. The summed E-state index contributed by atoms with van der Waals surface area (Å²) < 4.78 is 32.6. The van der Waals surface area contributed by atoms with Gasteiger partial charge < -0.3 is 15.4 Å². The van der Waals surface area contributed by atoms with E-state index < -0.39 is 28.1 Å². The summed E-state index contributed by atoms with van der Waals surface area (Å²) in [6, 6.07) is 13.1. The molecule has 30 heavy (non-hydrogen) atoms. The third-order valence-electron chi connectivity index (χ3n) is 4.63. The third-order valence-corrected chi connectivity index (χ3v) is 7.89. The molecule has 1 aliphatic rings. The van der Waals surface area contributed by atoms with Crippen molar-refractivity contribution < 1.29 is 22.7 Å². The normalized spacial score (nSPS) is 17.4. The summed E-state index contributed by atoms with van der Waals surface area (Å²) in [7, 11) is -3.70. The summed E-state index contributed by atoms with van der Waals surface area (Å²) in [5, 5.41) is 6.75. The van der Waals surface area contributed by atoms with E-state index in [4.69, 9.17) is 4.74 Å². The van der Waals surface area contributed by atoms with Crippen molar-refractivity contribution in [1.29, 1.82) is 0 Å². The Hall–Kier alpha value is -2.27. The van der Waals surface area contributed by atoms with E-state index in [2.05, 4.69) is 10.6 Å². The molecule has 0 saturated carbocycles. The van der Waals surface area contributed by atoms with Gasteiger partial charge >= 0.3 is 11.8 Å². The van der Waals surface area contributed by atoms with Gasteiger partial charge in [-0.3, -0.25) is 9.59 Å². The van der Waals surface area contributed by atoms with Crippen LogP contribution in [0.3, 0.4) is 0 Å². The van der Waals surface area contributed by atoms with Crippen LogP contribution in [0.2, 0.25) is 0 Å². The van der Waals surface area contributed by atoms with Gasteiger partial charge in [-0.25, -0.2) is 8.42 Å². The van der Waals surface area contributed by atoms with Gasteiger partial charge in [-0.05, 0) is 36.3 Å². The van der Waals surface area contributed by atoms with E-state index in [-0.39, 0.29) is 10.8 Å². The number of benzene rings is 1. The number of carbonyl (C=O) groups is 2. The van der Waals surface area contributed by atoms with E-state index in [1.165, 1.54) is 10.4 Å². The Morgan fingerprint density at radius 2 is 1.87 bits per heavy atom. The van der Waals surface area contributed by atoms with Gasteiger partial charge in [0.15, 0.2) is 0 Å². The predicted octanol–water partition coefficient (Wildman–Crippen LogP) is 1.35. The molecule has 1 saturated heterocycles. The number of sulfonamides is 1. The van der Waals surface area contributed by atoms with Crippen LogP contribution in [0.1, 0.15) is 18.4 Å². The van der Waals surface area contributed by atoms with Crippen molar-refractivity contribution in [2.24, 2.45) is 0 Å². The minimum Gasteiger partial charge on any atom is -0.360 e. The lowest BCUT2D eigenvalue weighted by Gasteiger charge is -2.34. The van der Waals surface area contributed by atoms with Gasteiger partial charge in [0.2, 0.25) is 0 Å². The van der Waals surface area contributed by atoms with Crippen LogP contribution in [0.4, 0.5) is 0 Å². The fourth-order valence-corrected chi connectivity index (χ4v) is 5.79. The standard InChI is InChI=1S/C20H25N3O5S2/c24-19(21-11-4-9-16-7-2-1-3-8-16)20(25)22-15-17-23(12-6-13-28-17)30(26,27)18-10-5-14-29-18/h1-3,5,7-8,10,14,17H,4,6,9,11-13,15H2,(H,21,24)(H,22,25)/t17-/m1/s1. The molecule has 1 aromatic carbocycles. The van der Waals surface area contributed by atoms with Crippen LogP contribution < -0.4 is 10.6 Å². The lowest BCUT2D eigenvalue weighted by atomic mass is 10.1. The smallest absolute Gasteiger partial charge is 0.309 e. The number of hydrogen-bond acceptors (Lipinski definition) is 6. The molecule has 1 aromatic heterocycles. The molecule has 0 unspecified atom stereocenters. The number of carbonyl (C=O) groups excluding carboxylic acids is 2. The molecule has 2 aromatic rings. The minimum atomic E-state index is -3.70. The zero-order chi connectivity index (χ0) is 21.4. The average Bonchev–Trinajstić information content (AvgIpc) is 3.32. The molecule has 10 heteroatoms. The van der Waals surface area contributed by atoms with Crippen molar-refractivity contribution in [3.05, 3.63) is 53.4 Å². The number of thiophene rings is 1. The van der Waals surface area contributed by atoms with E-state index in [0.717, 1.165) is 23.3 Å². The Morgan fingerprint density at radius 3 is 2.60 bits per heavy atom. The molecule has 1 fully saturated rings. The van der Waals surface area contributed by atoms with E-state index in [9.17, 15) is 18.0 Å². The SMILES string of the molecule is O=C(NCCCc1ccccc1)C(=O)NC[C@H]1OCCCN1S(=O)(=O)c1cccs1. The molecule has 8 nitrogen and oxygen atoms in total. The Bertz CT molecular complexity index is 933. The molecule has 0 spiro atoms. The van der Waals surface area contributed by atoms with Crippen LogP contribution in [0.5, 0.6) is 0 Å². The maximum absolute atomic E-state index is 12.8. The van der Waals surface area contributed by atoms with Crippen LogP contribution in [-0.2, 0) is 30.8 Å². The monoisotopic (exact) mass is 451 g/mol. The Morgan fingerprint density at radius 1 is 1.10 bits per heavy atom. The summed E-state index contributed by atoms with van der Waals surface area (Å²) in [6.45, 7) is 0.968. The maximum Gasteiger partial charge on any atom is 0.309 e. The van der Waals surface area contributed by atoms with Crippen molar-refractivity contribution in [2.75, 3.05) is 26.2 Å². The van der Waals surface area contributed by atoms with Crippen molar-refractivity contribution in [2.45, 2.75) is 29.7 Å². The second-order valence-electron chi connectivity index (χ2n) is 6.78. The Balaban J connectivity index is 1.46. The van der Waals surface area contributed by atoms with Crippen molar-refractivity contribution in [3.63, 3.8) is 0 Å². The molecular weight excluding hydrogens is 426 g/mol. The summed E-state index contributed by atoms with van der Waals surface area (Å²) in [4.78, 5) is 24.1. The summed E-state index contributed by atoms with van der Waals surface area (Å²) in [6.07, 6.45) is 1.23. The first-order chi connectivity index (χ1) is 14.5. The van der Waals surface area contributed by atoms with Gasteiger partial charge in [-0.2, -0.15) is 4.31 Å². The Kier molecular flexibility index (Phi) is 7.97. The first-order valence-corrected chi connectivity index (χ1v) is 12.1. The van der Waals surface area contributed by atoms with E-state index in [1.54, 1.807) is 11.4 Å². The quantitative estimate of drug-likeness (QED) is 0.466. The summed E-state index contributed by atoms with van der Waals surface area (Å²) in [5.41, 5.74) is 1.16. The van der Waals surface area contributed by atoms with E-state index in [0.29, 0.717) is 32.5 Å². The van der Waals surface area contributed by atoms with Crippen LogP contribution >= 0.6 is 11.3 Å². The van der Waals surface area contributed by atoms with Gasteiger partial charge in [0, 0.05) is 13.1 Å². The highest BCUT2D eigenvalue weighted by Gasteiger charge is 2.35. The maximum atomic E-state index is 12.8. The fourth-order valence-electron chi connectivity index (χ4n) is 3.11. The molecule has 0 aliphatic carbocycles. The minimum absolute atomic E-state index is 0.0964. The molecular formula is C20H25N3O5S2. The highest BCUT2D eigenvalue weighted by molar-refractivity contribution is 7.91. The number of amides is 2. The van der Waals surface area contributed by atoms with Gasteiger partial charge in [-0.1, -0.05) is 36.4 Å². The fraction of sp³-hybridized carbons (Fsp3) is 0.400. The molecule has 3 rings (SSSR count). The highest BCUT2D eigenvalue weighted by Crippen LogP contribution is 2.25.